The predicted molar refractivity (Wildman–Crippen MR) is 78.9 cm³/mol. The largest absolute Gasteiger partial charge is 0.298 e. The summed E-state index contributed by atoms with van der Waals surface area (Å²) < 4.78 is 0. The van der Waals surface area contributed by atoms with Crippen LogP contribution in [-0.4, -0.2) is 28.5 Å². The Morgan fingerprint density at radius 1 is 1.36 bits per heavy atom. The van der Waals surface area contributed by atoms with E-state index in [2.05, 4.69) is 0 Å². The molecular formula is C15H13NO5S. The summed E-state index contributed by atoms with van der Waals surface area (Å²) in [6, 6.07) is 4.23. The molecule has 2 aliphatic rings. The molecule has 3 unspecified atom stereocenters. The van der Waals surface area contributed by atoms with Crippen molar-refractivity contribution in [2.75, 3.05) is 6.26 Å². The third-order valence-corrected chi connectivity index (χ3v) is 5.01. The van der Waals surface area contributed by atoms with Crippen molar-refractivity contribution in [3.8, 4) is 0 Å². The van der Waals surface area contributed by atoms with Crippen LogP contribution in [0.25, 0.3) is 0 Å². The fraction of sp³-hybridized carbons (Fsp3) is 0.400. The zero-order valence-electron chi connectivity index (χ0n) is 11.8. The number of Topliss-reactive ketones (excluding diaryl/α,β-unsaturated/α-hetero) is 3. The fourth-order valence-corrected chi connectivity index (χ4v) is 3.43. The highest BCUT2D eigenvalue weighted by Gasteiger charge is 2.55. The Hall–Kier alpha value is -2.02. The number of benzene rings is 1. The molecule has 114 valence electrons. The first-order valence-corrected chi connectivity index (χ1v) is 8.09. The van der Waals surface area contributed by atoms with E-state index in [4.69, 9.17) is 0 Å². The van der Waals surface area contributed by atoms with Crippen LogP contribution in [0.15, 0.2) is 23.1 Å². The number of hydrogen-bond donors (Lipinski definition) is 0. The lowest BCUT2D eigenvalue weighted by Gasteiger charge is -2.17. The van der Waals surface area contributed by atoms with Gasteiger partial charge in [0.1, 0.15) is 5.92 Å². The monoisotopic (exact) mass is 319 g/mol. The number of ketones is 3. The number of carbonyl (C=O) groups is 3. The van der Waals surface area contributed by atoms with Gasteiger partial charge in [-0.05, 0) is 30.7 Å². The van der Waals surface area contributed by atoms with Gasteiger partial charge in [-0.25, -0.2) is 0 Å². The van der Waals surface area contributed by atoms with Gasteiger partial charge in [-0.3, -0.25) is 24.5 Å². The third kappa shape index (κ3) is 2.35. The van der Waals surface area contributed by atoms with Gasteiger partial charge in [-0.15, -0.1) is 11.8 Å². The summed E-state index contributed by atoms with van der Waals surface area (Å²) in [7, 11) is 0. The molecule has 0 aromatic heterocycles. The van der Waals surface area contributed by atoms with E-state index in [0.29, 0.717) is 11.3 Å². The quantitative estimate of drug-likeness (QED) is 0.278. The highest BCUT2D eigenvalue weighted by atomic mass is 32.2. The summed E-state index contributed by atoms with van der Waals surface area (Å²) >= 11 is 1.31. The minimum absolute atomic E-state index is 0.0814. The van der Waals surface area contributed by atoms with Crippen molar-refractivity contribution in [2.45, 2.75) is 17.7 Å². The van der Waals surface area contributed by atoms with Gasteiger partial charge in [0.15, 0.2) is 17.3 Å². The van der Waals surface area contributed by atoms with Crippen LogP contribution < -0.4 is 0 Å². The standard InChI is InChI=1S/C15H13NO5S/c1-22-8-2-3-9(11(6-8)16(20)21)14(18)13-12(17)5-7-4-10(7)15(13)19/h2-3,6-7,10,13H,4-5H2,1H3. The maximum atomic E-state index is 12.6. The molecule has 0 spiro atoms. The molecule has 1 aromatic rings. The molecule has 0 aliphatic heterocycles. The number of nitro groups is 1. The normalized spacial score (nSPS) is 26.5. The van der Waals surface area contributed by atoms with Crippen molar-refractivity contribution < 1.29 is 19.3 Å². The van der Waals surface area contributed by atoms with Crippen molar-refractivity contribution in [3.63, 3.8) is 0 Å². The lowest BCUT2D eigenvalue weighted by atomic mass is 9.81. The van der Waals surface area contributed by atoms with E-state index in [9.17, 15) is 24.5 Å². The number of nitro benzene ring substituents is 1. The smallest absolute Gasteiger partial charge is 0.281 e. The predicted octanol–water partition coefficient (Wildman–Crippen LogP) is 2.29. The first-order chi connectivity index (χ1) is 10.4. The highest BCUT2D eigenvalue weighted by molar-refractivity contribution is 7.98. The Kier molecular flexibility index (Phi) is 3.60. The molecule has 2 aliphatic carbocycles. The second-order valence-electron chi connectivity index (χ2n) is 5.61. The summed E-state index contributed by atoms with van der Waals surface area (Å²) in [6.07, 6.45) is 2.65. The number of rotatable bonds is 4. The van der Waals surface area contributed by atoms with E-state index < -0.39 is 22.4 Å². The van der Waals surface area contributed by atoms with E-state index >= 15 is 0 Å². The second-order valence-corrected chi connectivity index (χ2v) is 6.49. The van der Waals surface area contributed by atoms with Crippen LogP contribution in [0, 0.1) is 27.9 Å². The van der Waals surface area contributed by atoms with Gasteiger partial charge >= 0.3 is 0 Å². The van der Waals surface area contributed by atoms with Crippen molar-refractivity contribution in [1.29, 1.82) is 0 Å². The summed E-state index contributed by atoms with van der Waals surface area (Å²) in [5.41, 5.74) is -0.510. The minimum Gasteiger partial charge on any atom is -0.298 e. The summed E-state index contributed by atoms with van der Waals surface area (Å²) in [5, 5.41) is 11.2. The highest BCUT2D eigenvalue weighted by Crippen LogP contribution is 2.48. The van der Waals surface area contributed by atoms with Gasteiger partial charge in [-0.1, -0.05) is 0 Å². The summed E-state index contributed by atoms with van der Waals surface area (Å²) in [5.74, 6) is -3.00. The van der Waals surface area contributed by atoms with Crippen LogP contribution in [-0.2, 0) is 9.59 Å². The van der Waals surface area contributed by atoms with Crippen molar-refractivity contribution >= 4 is 34.8 Å². The lowest BCUT2D eigenvalue weighted by molar-refractivity contribution is -0.385. The van der Waals surface area contributed by atoms with Gasteiger partial charge in [0.05, 0.1) is 10.5 Å². The average molecular weight is 319 g/mol. The Labute approximate surface area is 130 Å². The Bertz CT molecular complexity index is 714. The molecule has 0 radical (unpaired) electrons. The van der Waals surface area contributed by atoms with E-state index in [1.165, 1.54) is 23.9 Å². The molecule has 2 saturated carbocycles. The third-order valence-electron chi connectivity index (χ3n) is 4.29. The minimum atomic E-state index is -1.36. The Morgan fingerprint density at radius 3 is 2.73 bits per heavy atom. The molecule has 0 N–H and O–H groups in total. The molecule has 3 atom stereocenters. The van der Waals surface area contributed by atoms with Crippen LogP contribution in [0.5, 0.6) is 0 Å². The van der Waals surface area contributed by atoms with Gasteiger partial charge in [0.2, 0.25) is 0 Å². The SMILES string of the molecule is CSc1ccc(C(=O)C2C(=O)CC3CC3C2=O)c([N+](=O)[O-])c1. The molecule has 0 saturated heterocycles. The zero-order valence-corrected chi connectivity index (χ0v) is 12.6. The number of nitrogens with zero attached hydrogens (tertiary/aromatic N) is 1. The van der Waals surface area contributed by atoms with Gasteiger partial charge in [0.25, 0.3) is 5.69 Å². The number of carbonyl (C=O) groups excluding carboxylic acids is 3. The van der Waals surface area contributed by atoms with Gasteiger partial charge in [0, 0.05) is 23.3 Å². The topological polar surface area (TPSA) is 94.3 Å². The molecule has 6 nitrogen and oxygen atoms in total. The lowest BCUT2D eigenvalue weighted by Crippen LogP contribution is -2.37. The Morgan fingerprint density at radius 2 is 2.09 bits per heavy atom. The summed E-state index contributed by atoms with van der Waals surface area (Å²) in [6.45, 7) is 0. The number of hydrogen-bond acceptors (Lipinski definition) is 6. The molecule has 2 fully saturated rings. The summed E-state index contributed by atoms with van der Waals surface area (Å²) in [4.78, 5) is 48.0. The van der Waals surface area contributed by atoms with E-state index in [1.807, 2.05) is 0 Å². The first kappa shape index (κ1) is 14.9. The number of thioether (sulfide) groups is 1. The number of fused-ring (bicyclic) bond motifs is 1. The maximum absolute atomic E-state index is 12.6. The molecule has 1 aromatic carbocycles. The van der Waals surface area contributed by atoms with Crippen LogP contribution in [0.4, 0.5) is 5.69 Å². The maximum Gasteiger partial charge on any atom is 0.281 e. The van der Waals surface area contributed by atoms with Crippen molar-refractivity contribution in [3.05, 3.63) is 33.9 Å². The zero-order chi connectivity index (χ0) is 16.0. The van der Waals surface area contributed by atoms with E-state index in [-0.39, 0.29) is 35.3 Å². The molecule has 3 rings (SSSR count). The molecule has 7 heteroatoms. The van der Waals surface area contributed by atoms with Crippen molar-refractivity contribution in [1.82, 2.24) is 0 Å². The average Bonchev–Trinajstić information content (AvgIpc) is 3.25. The molecule has 22 heavy (non-hydrogen) atoms. The van der Waals surface area contributed by atoms with Crippen molar-refractivity contribution in [2.24, 2.45) is 17.8 Å². The molecule has 0 amide bonds. The van der Waals surface area contributed by atoms with Crippen LogP contribution >= 0.6 is 11.8 Å². The van der Waals surface area contributed by atoms with Gasteiger partial charge in [-0.2, -0.15) is 0 Å². The first-order valence-electron chi connectivity index (χ1n) is 6.87. The van der Waals surface area contributed by atoms with E-state index in [0.717, 1.165) is 0 Å². The second kappa shape index (κ2) is 5.31. The van der Waals surface area contributed by atoms with Crippen LogP contribution in [0.2, 0.25) is 0 Å². The van der Waals surface area contributed by atoms with Crippen LogP contribution in [0.1, 0.15) is 23.2 Å². The van der Waals surface area contributed by atoms with E-state index in [1.54, 1.807) is 12.3 Å². The van der Waals surface area contributed by atoms with Gasteiger partial charge < -0.3 is 0 Å². The Balaban J connectivity index is 1.99. The molecule has 0 bridgehead atoms. The van der Waals surface area contributed by atoms with Crippen LogP contribution in [0.3, 0.4) is 0 Å². The fourth-order valence-electron chi connectivity index (χ4n) is 3.00. The molecular weight excluding hydrogens is 306 g/mol. The molecule has 0 heterocycles.